The van der Waals surface area contributed by atoms with Crippen LogP contribution >= 0.6 is 0 Å². The van der Waals surface area contributed by atoms with Gasteiger partial charge >= 0.3 is 0 Å². The Hall–Kier alpha value is -7.82. The van der Waals surface area contributed by atoms with Crippen molar-refractivity contribution >= 4 is 68.2 Å². The van der Waals surface area contributed by atoms with Crippen LogP contribution in [-0.2, 0) is 25.7 Å². The van der Waals surface area contributed by atoms with Crippen molar-refractivity contribution in [2.24, 2.45) is 0 Å². The van der Waals surface area contributed by atoms with E-state index in [0.717, 1.165) is 71.2 Å². The monoisotopic (exact) mass is 1110 g/mol. The van der Waals surface area contributed by atoms with Gasteiger partial charge in [-0.15, -0.1) is 0 Å². The predicted octanol–water partition coefficient (Wildman–Crippen LogP) is 24.0. The van der Waals surface area contributed by atoms with Gasteiger partial charge in [0.05, 0.1) is 22.7 Å². The van der Waals surface area contributed by atoms with Crippen LogP contribution < -0.4 is 19.6 Å². The van der Waals surface area contributed by atoms with Crippen molar-refractivity contribution in [3.05, 3.63) is 248 Å². The van der Waals surface area contributed by atoms with Gasteiger partial charge in [-0.05, 0) is 284 Å². The number of unbranched alkanes of at least 4 members (excludes halogenated alkanes) is 4. The Balaban J connectivity index is 1.16. The van der Waals surface area contributed by atoms with Gasteiger partial charge in [-0.2, -0.15) is 0 Å². The van der Waals surface area contributed by atoms with Gasteiger partial charge in [0.2, 0.25) is 0 Å². The largest absolute Gasteiger partial charge is 0.310 e. The zero-order valence-electron chi connectivity index (χ0n) is 53.4. The summed E-state index contributed by atoms with van der Waals surface area (Å²) < 4.78 is 0. The Morgan fingerprint density at radius 1 is 0.214 bits per heavy atom. The fraction of sp³-hybridized carbons (Fsp3) is 0.325. The number of hydrogen-bond acceptors (Lipinski definition) is 4. The SMILES string of the molecule is CCCCc1cc(C)c(N(c2ccc(C)cc2)c2ccc(N(c3ccc(N(c4ccc(N(c5ccc(C)cc5)c5c(C)cc(CCCC)cc5C)cc4)c4c(C)cc(CCCC)cc4C)cc3)c3c(C)cc(CCCC)cc3C)cc2)c(C)c1. The molecule has 0 aliphatic rings. The Labute approximate surface area is 506 Å². The van der Waals surface area contributed by atoms with Gasteiger partial charge in [0.25, 0.3) is 0 Å². The van der Waals surface area contributed by atoms with Crippen molar-refractivity contribution in [1.82, 2.24) is 0 Å². The van der Waals surface area contributed by atoms with E-state index in [1.54, 1.807) is 0 Å². The summed E-state index contributed by atoms with van der Waals surface area (Å²) in [7, 11) is 0. The zero-order valence-corrected chi connectivity index (χ0v) is 53.4. The van der Waals surface area contributed by atoms with E-state index in [1.807, 2.05) is 0 Å². The molecule has 434 valence electrons. The van der Waals surface area contributed by atoms with Gasteiger partial charge in [0, 0.05) is 45.5 Å². The minimum atomic E-state index is 1.08. The van der Waals surface area contributed by atoms with Gasteiger partial charge in [0.15, 0.2) is 0 Å². The summed E-state index contributed by atoms with van der Waals surface area (Å²) in [4.78, 5) is 9.92. The second-order valence-electron chi connectivity index (χ2n) is 24.3. The summed E-state index contributed by atoms with van der Waals surface area (Å²) in [5, 5.41) is 0. The molecular weight excluding hydrogens is 1020 g/mol. The lowest BCUT2D eigenvalue weighted by molar-refractivity contribution is 0.794. The topological polar surface area (TPSA) is 13.0 Å². The maximum atomic E-state index is 2.50. The van der Waals surface area contributed by atoms with E-state index in [-0.39, 0.29) is 0 Å². The second-order valence-corrected chi connectivity index (χ2v) is 24.3. The highest BCUT2D eigenvalue weighted by atomic mass is 15.2. The lowest BCUT2D eigenvalue weighted by atomic mass is 9.98. The molecular formula is C80H94N4. The van der Waals surface area contributed by atoms with Crippen LogP contribution in [0.1, 0.15) is 157 Å². The average molecular weight is 1110 g/mol. The molecule has 0 fully saturated rings. The quantitative estimate of drug-likeness (QED) is 0.0598. The van der Waals surface area contributed by atoms with E-state index < -0.39 is 0 Å². The van der Waals surface area contributed by atoms with Crippen LogP contribution in [0, 0.1) is 69.2 Å². The van der Waals surface area contributed by atoms with Gasteiger partial charge in [-0.25, -0.2) is 0 Å². The van der Waals surface area contributed by atoms with Crippen molar-refractivity contribution in [3.8, 4) is 0 Å². The summed E-state index contributed by atoms with van der Waals surface area (Å²) >= 11 is 0. The van der Waals surface area contributed by atoms with Crippen LogP contribution in [0.4, 0.5) is 68.2 Å². The van der Waals surface area contributed by atoms with E-state index in [1.165, 1.54) is 152 Å². The maximum Gasteiger partial charge on any atom is 0.0520 e. The zero-order chi connectivity index (χ0) is 59.6. The number of hydrogen-bond donors (Lipinski definition) is 0. The lowest BCUT2D eigenvalue weighted by Gasteiger charge is -2.33. The minimum absolute atomic E-state index is 1.08. The molecule has 0 unspecified atom stereocenters. The Kier molecular flexibility index (Phi) is 20.0. The molecule has 0 saturated heterocycles. The third-order valence-corrected chi connectivity index (χ3v) is 17.1. The first kappa shape index (κ1) is 60.8. The van der Waals surface area contributed by atoms with Crippen LogP contribution in [0.2, 0.25) is 0 Å². The fourth-order valence-corrected chi connectivity index (χ4v) is 13.0. The van der Waals surface area contributed by atoms with Crippen molar-refractivity contribution in [1.29, 1.82) is 0 Å². The predicted molar refractivity (Wildman–Crippen MR) is 367 cm³/mol. The molecule has 84 heavy (non-hydrogen) atoms. The normalized spacial score (nSPS) is 11.3. The van der Waals surface area contributed by atoms with Crippen LogP contribution in [0.3, 0.4) is 0 Å². The van der Waals surface area contributed by atoms with Crippen LogP contribution in [0.25, 0.3) is 0 Å². The molecule has 0 saturated carbocycles. The molecule has 9 aromatic carbocycles. The first-order chi connectivity index (χ1) is 40.6. The van der Waals surface area contributed by atoms with E-state index >= 15 is 0 Å². The van der Waals surface area contributed by atoms with Crippen LogP contribution in [-0.4, -0.2) is 0 Å². The van der Waals surface area contributed by atoms with Crippen LogP contribution in [0.5, 0.6) is 0 Å². The Morgan fingerprint density at radius 2 is 0.357 bits per heavy atom. The number of rotatable bonds is 24. The molecule has 0 spiro atoms. The van der Waals surface area contributed by atoms with Gasteiger partial charge in [0.1, 0.15) is 0 Å². The Bertz CT molecular complexity index is 3310. The standard InChI is InChI=1S/C80H94N4/c1-15-19-23-65-47-57(7)77(58(8)48-65)81(69-31-27-55(5)28-32-69)71-35-39-73(40-36-71)83(79-61(11)51-67(25-21-17-3)52-62(79)12)75-43-45-76(46-44-75)84(80-63(13)53-68(26-22-18-4)54-64(80)14)74-41-37-72(38-42-74)82(70-33-29-56(6)30-34-70)78-59(9)49-66(24-20-16-2)50-60(78)10/h27-54H,15-26H2,1-14H3. The van der Waals surface area contributed by atoms with E-state index in [2.05, 4.69) is 286 Å². The summed E-state index contributed by atoms with van der Waals surface area (Å²) in [5.74, 6) is 0. The summed E-state index contributed by atoms with van der Waals surface area (Å²) in [6, 6.07) is 65.3. The van der Waals surface area contributed by atoms with Gasteiger partial charge < -0.3 is 19.6 Å². The molecule has 0 N–H and O–H groups in total. The van der Waals surface area contributed by atoms with Crippen molar-refractivity contribution in [3.63, 3.8) is 0 Å². The molecule has 9 rings (SSSR count). The highest BCUT2D eigenvalue weighted by Gasteiger charge is 2.25. The highest BCUT2D eigenvalue weighted by Crippen LogP contribution is 2.47. The first-order valence-corrected chi connectivity index (χ1v) is 31.7. The summed E-state index contributed by atoms with van der Waals surface area (Å²) in [6.07, 6.45) is 13.9. The molecule has 0 amide bonds. The second kappa shape index (κ2) is 27.7. The van der Waals surface area contributed by atoms with Crippen molar-refractivity contribution in [2.75, 3.05) is 19.6 Å². The number of anilines is 12. The maximum absolute atomic E-state index is 2.50. The molecule has 4 heteroatoms. The highest BCUT2D eigenvalue weighted by molar-refractivity contribution is 5.88. The van der Waals surface area contributed by atoms with E-state index in [9.17, 15) is 0 Å². The van der Waals surface area contributed by atoms with Gasteiger partial charge in [-0.3, -0.25) is 0 Å². The lowest BCUT2D eigenvalue weighted by Crippen LogP contribution is -2.16. The number of benzene rings is 9. The average Bonchev–Trinajstić information content (AvgIpc) is 3.57. The molecule has 0 bridgehead atoms. The van der Waals surface area contributed by atoms with Crippen molar-refractivity contribution in [2.45, 2.75) is 174 Å². The smallest absolute Gasteiger partial charge is 0.0520 e. The fourth-order valence-electron chi connectivity index (χ4n) is 13.0. The summed E-state index contributed by atoms with van der Waals surface area (Å²) in [6.45, 7) is 31.8. The molecule has 4 nitrogen and oxygen atoms in total. The first-order valence-electron chi connectivity index (χ1n) is 31.7. The van der Waals surface area contributed by atoms with E-state index in [4.69, 9.17) is 0 Å². The third kappa shape index (κ3) is 13.7. The molecule has 0 radical (unpaired) electrons. The molecule has 9 aromatic rings. The molecule has 0 atom stereocenters. The molecule has 0 aliphatic heterocycles. The summed E-state index contributed by atoms with van der Waals surface area (Å²) in [5.41, 5.74) is 32.4. The molecule has 0 aromatic heterocycles. The molecule has 0 aliphatic carbocycles. The molecule has 0 heterocycles. The van der Waals surface area contributed by atoms with Crippen molar-refractivity contribution < 1.29 is 0 Å². The van der Waals surface area contributed by atoms with E-state index in [0.29, 0.717) is 0 Å². The Morgan fingerprint density at radius 3 is 0.500 bits per heavy atom. The number of nitrogens with zero attached hydrogens (tertiary/aromatic N) is 4. The third-order valence-electron chi connectivity index (χ3n) is 17.1. The number of aryl methyl sites for hydroxylation is 14. The minimum Gasteiger partial charge on any atom is -0.310 e. The van der Waals surface area contributed by atoms with Crippen LogP contribution in [0.15, 0.2) is 170 Å². The van der Waals surface area contributed by atoms with Gasteiger partial charge in [-0.1, -0.05) is 137 Å².